The van der Waals surface area contributed by atoms with Gasteiger partial charge in [0, 0.05) is 4.90 Å². The van der Waals surface area contributed by atoms with Gasteiger partial charge in [-0.3, -0.25) is 0 Å². The molecule has 1 rings (SSSR count). The van der Waals surface area contributed by atoms with E-state index >= 15 is 0 Å². The van der Waals surface area contributed by atoms with Gasteiger partial charge in [-0.1, -0.05) is 0 Å². The van der Waals surface area contributed by atoms with E-state index in [9.17, 15) is 14.7 Å². The van der Waals surface area contributed by atoms with E-state index in [2.05, 4.69) is 12.6 Å². The van der Waals surface area contributed by atoms with Crippen LogP contribution in [0.4, 0.5) is 0 Å². The first-order chi connectivity index (χ1) is 10.5. The Kier molecular flexibility index (Phi) is 6.25. The summed E-state index contributed by atoms with van der Waals surface area (Å²) in [4.78, 5) is 23.7. The second-order valence-electron chi connectivity index (χ2n) is 6.46. The monoisotopic (exact) mass is 340 g/mol. The van der Waals surface area contributed by atoms with Crippen molar-refractivity contribution in [3.8, 4) is 0 Å². The summed E-state index contributed by atoms with van der Waals surface area (Å²) < 4.78 is 10.6. The summed E-state index contributed by atoms with van der Waals surface area (Å²) in [7, 11) is 0. The Hall–Kier alpha value is -1.53. The van der Waals surface area contributed by atoms with Gasteiger partial charge in [0.1, 0.15) is 12.2 Å². The Morgan fingerprint density at radius 2 is 1.65 bits per heavy atom. The van der Waals surface area contributed by atoms with Gasteiger partial charge < -0.3 is 14.6 Å². The molecular formula is C17H24O5S. The third-order valence-corrected chi connectivity index (χ3v) is 4.14. The molecule has 6 heteroatoms. The SMILES string of the molecule is Cc1c(S)c(C)c(C(=O)O)c(C)c1COCC(=O)OC(C)(C)C. The smallest absolute Gasteiger partial charge is 0.336 e. The summed E-state index contributed by atoms with van der Waals surface area (Å²) in [6.07, 6.45) is 0. The van der Waals surface area contributed by atoms with Gasteiger partial charge in [-0.2, -0.15) is 0 Å². The summed E-state index contributed by atoms with van der Waals surface area (Å²) in [5, 5.41) is 9.38. The number of carboxylic acids is 1. The second kappa shape index (κ2) is 7.36. The highest BCUT2D eigenvalue weighted by Gasteiger charge is 2.21. The molecule has 0 atom stereocenters. The van der Waals surface area contributed by atoms with Crippen LogP contribution in [-0.4, -0.2) is 29.3 Å². The van der Waals surface area contributed by atoms with Crippen LogP contribution in [0.25, 0.3) is 0 Å². The predicted octanol–water partition coefficient (Wildman–Crippen LogP) is 3.46. The molecule has 0 saturated heterocycles. The van der Waals surface area contributed by atoms with Crippen molar-refractivity contribution in [3.63, 3.8) is 0 Å². The van der Waals surface area contributed by atoms with E-state index in [0.29, 0.717) is 16.0 Å². The molecule has 0 heterocycles. The lowest BCUT2D eigenvalue weighted by molar-refractivity contribution is -0.160. The zero-order valence-electron chi connectivity index (χ0n) is 14.4. The van der Waals surface area contributed by atoms with Crippen molar-refractivity contribution in [2.75, 3.05) is 6.61 Å². The highest BCUT2D eigenvalue weighted by Crippen LogP contribution is 2.30. The number of hydrogen-bond donors (Lipinski definition) is 2. The van der Waals surface area contributed by atoms with Crippen LogP contribution in [0, 0.1) is 20.8 Å². The number of ether oxygens (including phenoxy) is 2. The van der Waals surface area contributed by atoms with E-state index in [4.69, 9.17) is 9.47 Å². The zero-order valence-corrected chi connectivity index (χ0v) is 15.3. The summed E-state index contributed by atoms with van der Waals surface area (Å²) in [6.45, 7) is 10.6. The van der Waals surface area contributed by atoms with Crippen LogP contribution in [0.2, 0.25) is 0 Å². The van der Waals surface area contributed by atoms with Gasteiger partial charge in [-0.05, 0) is 63.8 Å². The average Bonchev–Trinajstić information content (AvgIpc) is 2.38. The van der Waals surface area contributed by atoms with Gasteiger partial charge in [0.15, 0.2) is 0 Å². The van der Waals surface area contributed by atoms with Gasteiger partial charge in [-0.15, -0.1) is 12.6 Å². The van der Waals surface area contributed by atoms with Gasteiger partial charge in [0.25, 0.3) is 0 Å². The second-order valence-corrected chi connectivity index (χ2v) is 6.91. The van der Waals surface area contributed by atoms with Crippen molar-refractivity contribution >= 4 is 24.6 Å². The van der Waals surface area contributed by atoms with E-state index < -0.39 is 17.5 Å². The molecule has 1 N–H and O–H groups in total. The molecule has 0 aromatic heterocycles. The fourth-order valence-corrected chi connectivity index (χ4v) is 2.65. The Bertz CT molecular complexity index is 629. The fraction of sp³-hybridized carbons (Fsp3) is 0.529. The third-order valence-electron chi connectivity index (χ3n) is 3.47. The zero-order chi connectivity index (χ0) is 17.9. The molecule has 0 aliphatic carbocycles. The number of benzene rings is 1. The van der Waals surface area contributed by atoms with Crippen molar-refractivity contribution in [2.24, 2.45) is 0 Å². The molecule has 0 unspecified atom stereocenters. The Morgan fingerprint density at radius 3 is 2.13 bits per heavy atom. The number of aromatic carboxylic acids is 1. The van der Waals surface area contributed by atoms with Crippen molar-refractivity contribution in [2.45, 2.75) is 58.6 Å². The quantitative estimate of drug-likeness (QED) is 0.634. The van der Waals surface area contributed by atoms with E-state index in [1.165, 1.54) is 0 Å². The molecule has 23 heavy (non-hydrogen) atoms. The summed E-state index contributed by atoms with van der Waals surface area (Å²) >= 11 is 4.40. The Morgan fingerprint density at radius 1 is 1.09 bits per heavy atom. The van der Waals surface area contributed by atoms with Crippen molar-refractivity contribution in [1.82, 2.24) is 0 Å². The Balaban J connectivity index is 2.94. The molecule has 0 amide bonds. The van der Waals surface area contributed by atoms with Gasteiger partial charge in [-0.25, -0.2) is 9.59 Å². The predicted molar refractivity (Wildman–Crippen MR) is 90.4 cm³/mol. The van der Waals surface area contributed by atoms with Crippen LogP contribution < -0.4 is 0 Å². The van der Waals surface area contributed by atoms with E-state index in [1.54, 1.807) is 34.6 Å². The van der Waals surface area contributed by atoms with Gasteiger partial charge in [0.2, 0.25) is 0 Å². The maximum atomic E-state index is 11.7. The maximum Gasteiger partial charge on any atom is 0.336 e. The molecule has 1 aromatic rings. The minimum atomic E-state index is -0.997. The number of hydrogen-bond acceptors (Lipinski definition) is 5. The first kappa shape index (κ1) is 19.5. The number of carbonyl (C=O) groups excluding carboxylic acids is 1. The van der Waals surface area contributed by atoms with Crippen LogP contribution >= 0.6 is 12.6 Å². The number of carbonyl (C=O) groups is 2. The molecule has 0 fully saturated rings. The molecular weight excluding hydrogens is 316 g/mol. The lowest BCUT2D eigenvalue weighted by Crippen LogP contribution is -2.26. The normalized spacial score (nSPS) is 11.4. The largest absolute Gasteiger partial charge is 0.478 e. The van der Waals surface area contributed by atoms with E-state index in [1.807, 2.05) is 6.92 Å². The highest BCUT2D eigenvalue weighted by molar-refractivity contribution is 7.80. The molecule has 1 aromatic carbocycles. The summed E-state index contributed by atoms with van der Waals surface area (Å²) in [6, 6.07) is 0. The van der Waals surface area contributed by atoms with Crippen LogP contribution in [0.15, 0.2) is 4.90 Å². The molecule has 5 nitrogen and oxygen atoms in total. The van der Waals surface area contributed by atoms with Gasteiger partial charge in [0.05, 0.1) is 12.2 Å². The number of carboxylic acid groups (broad SMARTS) is 1. The molecule has 0 bridgehead atoms. The Labute approximate surface area is 142 Å². The molecule has 0 spiro atoms. The molecule has 0 radical (unpaired) electrons. The lowest BCUT2D eigenvalue weighted by atomic mass is 9.93. The summed E-state index contributed by atoms with van der Waals surface area (Å²) in [5.41, 5.74) is 2.53. The number of rotatable bonds is 5. The minimum absolute atomic E-state index is 0.130. The molecule has 0 aliphatic rings. The number of thiol groups is 1. The molecule has 128 valence electrons. The topological polar surface area (TPSA) is 72.8 Å². The first-order valence-corrected chi connectivity index (χ1v) is 7.75. The maximum absolute atomic E-state index is 11.7. The molecule has 0 saturated carbocycles. The van der Waals surface area contributed by atoms with E-state index in [0.717, 1.165) is 11.1 Å². The first-order valence-electron chi connectivity index (χ1n) is 7.30. The standard InChI is InChI=1S/C17H24O5S/c1-9-12(7-21-8-13(18)22-17(4,5)6)10(2)15(23)11(3)14(9)16(19)20/h23H,7-8H2,1-6H3,(H,19,20). The van der Waals surface area contributed by atoms with Crippen LogP contribution in [0.5, 0.6) is 0 Å². The lowest BCUT2D eigenvalue weighted by Gasteiger charge is -2.20. The fourth-order valence-electron chi connectivity index (χ4n) is 2.40. The number of esters is 1. The van der Waals surface area contributed by atoms with Crippen molar-refractivity contribution < 1.29 is 24.2 Å². The average molecular weight is 340 g/mol. The third kappa shape index (κ3) is 4.97. The van der Waals surface area contributed by atoms with Crippen molar-refractivity contribution in [1.29, 1.82) is 0 Å². The minimum Gasteiger partial charge on any atom is -0.478 e. The summed E-state index contributed by atoms with van der Waals surface area (Å²) in [5.74, 6) is -1.45. The van der Waals surface area contributed by atoms with E-state index in [-0.39, 0.29) is 18.8 Å². The molecule has 0 aliphatic heterocycles. The van der Waals surface area contributed by atoms with Crippen LogP contribution in [0.3, 0.4) is 0 Å². The van der Waals surface area contributed by atoms with Gasteiger partial charge >= 0.3 is 11.9 Å². The van der Waals surface area contributed by atoms with Crippen LogP contribution in [0.1, 0.15) is 53.4 Å². The van der Waals surface area contributed by atoms with Crippen molar-refractivity contribution in [3.05, 3.63) is 27.8 Å². The van der Waals surface area contributed by atoms with Crippen LogP contribution in [-0.2, 0) is 20.9 Å². The highest BCUT2D eigenvalue weighted by atomic mass is 32.1.